The molecular weight excluding hydrogens is 446 g/mol. The third-order valence-corrected chi connectivity index (χ3v) is 7.00. The van der Waals surface area contributed by atoms with Crippen molar-refractivity contribution < 1.29 is 24.2 Å². The van der Waals surface area contributed by atoms with Crippen LogP contribution in [0.15, 0.2) is 48.5 Å². The molecule has 2 N–H and O–H groups in total. The first-order valence-electron chi connectivity index (χ1n) is 12.2. The van der Waals surface area contributed by atoms with Gasteiger partial charge in [0, 0.05) is 32.2 Å². The van der Waals surface area contributed by atoms with Gasteiger partial charge in [-0.25, -0.2) is 0 Å². The minimum absolute atomic E-state index is 0.0686. The fraction of sp³-hybridized carbons (Fsp3) is 0.481. The van der Waals surface area contributed by atoms with E-state index in [4.69, 9.17) is 9.47 Å². The molecule has 2 aromatic carbocycles. The third kappa shape index (κ3) is 6.32. The number of nitrogens with zero attached hydrogens (tertiary/aromatic N) is 2. The minimum Gasteiger partial charge on any atom is -0.497 e. The summed E-state index contributed by atoms with van der Waals surface area (Å²) in [6.07, 6.45) is 1.83. The van der Waals surface area contributed by atoms with E-state index in [0.717, 1.165) is 35.5 Å². The molecule has 0 unspecified atom stereocenters. The monoisotopic (exact) mass is 481 g/mol. The lowest BCUT2D eigenvalue weighted by Crippen LogP contribution is -2.52. The number of methoxy groups -OCH3 is 2. The number of hydrogen-bond acceptors (Lipinski definition) is 6. The molecule has 0 spiro atoms. The molecule has 2 aromatic rings. The molecule has 0 saturated carbocycles. The van der Waals surface area contributed by atoms with Crippen LogP contribution in [0.25, 0.3) is 0 Å². The summed E-state index contributed by atoms with van der Waals surface area (Å²) in [4.78, 5) is 29.9. The lowest BCUT2D eigenvalue weighted by molar-refractivity contribution is -0.133. The van der Waals surface area contributed by atoms with E-state index in [9.17, 15) is 14.7 Å². The number of carbonyl (C=O) groups is 2. The number of ether oxygens (including phenoxy) is 2. The number of aliphatic hydroxyl groups excluding tert-OH is 1. The molecule has 2 aliphatic rings. The van der Waals surface area contributed by atoms with Crippen LogP contribution in [0.2, 0.25) is 0 Å². The lowest BCUT2D eigenvalue weighted by Gasteiger charge is -2.39. The van der Waals surface area contributed by atoms with Crippen molar-refractivity contribution >= 4 is 11.8 Å². The van der Waals surface area contributed by atoms with Gasteiger partial charge in [-0.2, -0.15) is 0 Å². The normalized spacial score (nSPS) is 21.1. The first-order chi connectivity index (χ1) is 17.0. The molecule has 2 aliphatic heterocycles. The average molecular weight is 482 g/mol. The summed E-state index contributed by atoms with van der Waals surface area (Å²) < 4.78 is 10.5. The van der Waals surface area contributed by atoms with E-state index in [0.29, 0.717) is 39.0 Å². The molecule has 4 rings (SSSR count). The molecule has 0 aromatic heterocycles. The number of hydrogen-bond donors (Lipinski definition) is 2. The SMILES string of the molecule is COc1cccc(CNC(=O)[C@@H]2C[C@@H](O)CN2C2CCN(C(=O)Cc3cccc(OC)c3)CC2)c1. The molecule has 8 nitrogen and oxygen atoms in total. The molecule has 2 amide bonds. The summed E-state index contributed by atoms with van der Waals surface area (Å²) in [7, 11) is 3.24. The maximum Gasteiger partial charge on any atom is 0.237 e. The molecule has 2 heterocycles. The molecule has 0 bridgehead atoms. The Hall–Kier alpha value is -3.10. The van der Waals surface area contributed by atoms with Crippen LogP contribution in [0.5, 0.6) is 11.5 Å². The number of benzene rings is 2. The quantitative estimate of drug-likeness (QED) is 0.599. The van der Waals surface area contributed by atoms with E-state index in [1.807, 2.05) is 53.4 Å². The topological polar surface area (TPSA) is 91.3 Å². The highest BCUT2D eigenvalue weighted by molar-refractivity contribution is 5.82. The van der Waals surface area contributed by atoms with Gasteiger partial charge < -0.3 is 24.8 Å². The lowest BCUT2D eigenvalue weighted by atomic mass is 10.0. The Morgan fingerprint density at radius 1 is 1.00 bits per heavy atom. The number of piperidine rings is 1. The van der Waals surface area contributed by atoms with Crippen LogP contribution < -0.4 is 14.8 Å². The van der Waals surface area contributed by atoms with E-state index in [1.54, 1.807) is 14.2 Å². The van der Waals surface area contributed by atoms with Crippen LogP contribution in [0.1, 0.15) is 30.4 Å². The van der Waals surface area contributed by atoms with Crippen LogP contribution in [0.4, 0.5) is 0 Å². The number of rotatable bonds is 8. The number of β-amino-alcohol motifs (C(OH)–C–C–N with tert-alkyl or cyclic N) is 1. The number of amides is 2. The van der Waals surface area contributed by atoms with Gasteiger partial charge in [-0.1, -0.05) is 24.3 Å². The van der Waals surface area contributed by atoms with E-state index in [1.165, 1.54) is 0 Å². The second kappa shape index (κ2) is 11.6. The van der Waals surface area contributed by atoms with Gasteiger partial charge >= 0.3 is 0 Å². The molecule has 8 heteroatoms. The Balaban J connectivity index is 1.30. The van der Waals surface area contributed by atoms with Gasteiger partial charge in [0.05, 0.1) is 32.8 Å². The minimum atomic E-state index is -0.518. The maximum absolute atomic E-state index is 13.0. The highest BCUT2D eigenvalue weighted by Crippen LogP contribution is 2.27. The Bertz CT molecular complexity index is 1020. The van der Waals surface area contributed by atoms with E-state index in [-0.39, 0.29) is 23.9 Å². The molecule has 2 fully saturated rings. The molecule has 35 heavy (non-hydrogen) atoms. The highest BCUT2D eigenvalue weighted by Gasteiger charge is 2.40. The van der Waals surface area contributed by atoms with Crippen molar-refractivity contribution in [3.63, 3.8) is 0 Å². The fourth-order valence-electron chi connectivity index (χ4n) is 5.10. The molecule has 0 radical (unpaired) electrons. The summed E-state index contributed by atoms with van der Waals surface area (Å²) in [5.74, 6) is 1.53. The van der Waals surface area contributed by atoms with Crippen molar-refractivity contribution in [1.82, 2.24) is 15.1 Å². The zero-order valence-electron chi connectivity index (χ0n) is 20.5. The van der Waals surface area contributed by atoms with Gasteiger partial charge in [0.15, 0.2) is 0 Å². The number of nitrogens with one attached hydrogen (secondary N) is 1. The van der Waals surface area contributed by atoms with Gasteiger partial charge in [-0.3, -0.25) is 14.5 Å². The number of likely N-dealkylation sites (tertiary alicyclic amines) is 2. The number of carbonyl (C=O) groups excluding carboxylic acids is 2. The van der Waals surface area contributed by atoms with Crippen LogP contribution in [0, 0.1) is 0 Å². The molecule has 0 aliphatic carbocycles. The average Bonchev–Trinajstić information content (AvgIpc) is 3.29. The van der Waals surface area contributed by atoms with Crippen molar-refractivity contribution in [1.29, 1.82) is 0 Å². The van der Waals surface area contributed by atoms with Gasteiger partial charge in [-0.15, -0.1) is 0 Å². The maximum atomic E-state index is 13.0. The highest BCUT2D eigenvalue weighted by atomic mass is 16.5. The molecule has 188 valence electrons. The molecule has 2 saturated heterocycles. The van der Waals surface area contributed by atoms with Crippen molar-refractivity contribution in [2.45, 2.75) is 50.4 Å². The first-order valence-corrected chi connectivity index (χ1v) is 12.2. The predicted molar refractivity (Wildman–Crippen MR) is 132 cm³/mol. The summed E-state index contributed by atoms with van der Waals surface area (Å²) >= 11 is 0. The van der Waals surface area contributed by atoms with Gasteiger partial charge in [0.2, 0.25) is 11.8 Å². The van der Waals surface area contributed by atoms with Crippen molar-refractivity contribution in [2.24, 2.45) is 0 Å². The fourth-order valence-corrected chi connectivity index (χ4v) is 5.10. The molecular formula is C27H35N3O5. The van der Waals surface area contributed by atoms with Crippen LogP contribution >= 0.6 is 0 Å². The standard InChI is InChI=1S/C27H35N3O5/c1-34-23-7-3-5-19(13-23)15-26(32)29-11-9-21(10-12-29)30-18-22(31)16-25(30)27(33)28-17-20-6-4-8-24(14-20)35-2/h3-8,13-14,21-22,25,31H,9-12,15-18H2,1-2H3,(H,28,33)/t22-,25+/m1/s1. The smallest absolute Gasteiger partial charge is 0.237 e. The summed E-state index contributed by atoms with van der Waals surface area (Å²) in [6.45, 7) is 2.20. The van der Waals surface area contributed by atoms with Crippen LogP contribution in [0.3, 0.4) is 0 Å². The number of aliphatic hydroxyl groups is 1. The van der Waals surface area contributed by atoms with Gasteiger partial charge in [-0.05, 0) is 54.7 Å². The Kier molecular flexibility index (Phi) is 8.25. The van der Waals surface area contributed by atoms with E-state index >= 15 is 0 Å². The molecule has 2 atom stereocenters. The van der Waals surface area contributed by atoms with Crippen molar-refractivity contribution in [2.75, 3.05) is 33.9 Å². The summed E-state index contributed by atoms with van der Waals surface area (Å²) in [5.41, 5.74) is 1.90. The zero-order chi connectivity index (χ0) is 24.8. The van der Waals surface area contributed by atoms with Crippen molar-refractivity contribution in [3.05, 3.63) is 59.7 Å². The van der Waals surface area contributed by atoms with Crippen LogP contribution in [-0.4, -0.2) is 78.8 Å². The third-order valence-electron chi connectivity index (χ3n) is 7.00. The second-order valence-electron chi connectivity index (χ2n) is 9.31. The second-order valence-corrected chi connectivity index (χ2v) is 9.31. The zero-order valence-corrected chi connectivity index (χ0v) is 20.5. The van der Waals surface area contributed by atoms with E-state index < -0.39 is 6.10 Å². The van der Waals surface area contributed by atoms with Crippen LogP contribution in [-0.2, 0) is 22.6 Å². The largest absolute Gasteiger partial charge is 0.497 e. The van der Waals surface area contributed by atoms with E-state index in [2.05, 4.69) is 10.2 Å². The van der Waals surface area contributed by atoms with Gasteiger partial charge in [0.1, 0.15) is 11.5 Å². The summed E-state index contributed by atoms with van der Waals surface area (Å²) in [6, 6.07) is 15.0. The van der Waals surface area contributed by atoms with Crippen molar-refractivity contribution in [3.8, 4) is 11.5 Å². The summed E-state index contributed by atoms with van der Waals surface area (Å²) in [5, 5.41) is 13.4. The predicted octanol–water partition coefficient (Wildman–Crippen LogP) is 1.99. The Morgan fingerprint density at radius 3 is 2.29 bits per heavy atom. The first kappa shape index (κ1) is 25.0. The van der Waals surface area contributed by atoms with Gasteiger partial charge in [0.25, 0.3) is 0 Å². The Labute approximate surface area is 206 Å². The Morgan fingerprint density at radius 2 is 1.63 bits per heavy atom.